The van der Waals surface area contributed by atoms with E-state index >= 15 is 0 Å². The monoisotopic (exact) mass is 279 g/mol. The Morgan fingerprint density at radius 2 is 2.25 bits per heavy atom. The molecule has 0 heterocycles. The zero-order valence-electron chi connectivity index (χ0n) is 11.6. The van der Waals surface area contributed by atoms with Crippen LogP contribution in [0.1, 0.15) is 25.8 Å². The molecule has 4 nitrogen and oxygen atoms in total. The molecule has 0 aromatic heterocycles. The van der Waals surface area contributed by atoms with Crippen LogP contribution >= 0.6 is 0 Å². The van der Waals surface area contributed by atoms with Crippen molar-refractivity contribution in [3.05, 3.63) is 29.6 Å². The van der Waals surface area contributed by atoms with Gasteiger partial charge in [0.15, 0.2) is 0 Å². The molecule has 0 spiro atoms. The molecule has 0 unspecified atom stereocenters. The molecule has 0 atom stereocenters. The summed E-state index contributed by atoms with van der Waals surface area (Å²) in [5, 5.41) is 11.1. The Morgan fingerprint density at radius 1 is 1.50 bits per heavy atom. The number of rotatable bonds is 5. The number of anilines is 1. The lowest BCUT2D eigenvalue weighted by Gasteiger charge is -2.08. The Morgan fingerprint density at radius 3 is 2.85 bits per heavy atom. The number of ether oxygens (including phenoxy) is 1. The van der Waals surface area contributed by atoms with Crippen LogP contribution < -0.4 is 5.32 Å². The molecule has 1 aromatic carbocycles. The highest BCUT2D eigenvalue weighted by atomic mass is 19.1. The van der Waals surface area contributed by atoms with Crippen LogP contribution in [0, 0.1) is 17.7 Å². The second kappa shape index (κ2) is 8.31. The summed E-state index contributed by atoms with van der Waals surface area (Å²) in [4.78, 5) is 11.5. The van der Waals surface area contributed by atoms with Crippen molar-refractivity contribution in [2.75, 3.05) is 18.5 Å². The van der Waals surface area contributed by atoms with Crippen LogP contribution in [0.2, 0.25) is 0 Å². The van der Waals surface area contributed by atoms with E-state index in [0.29, 0.717) is 12.1 Å². The Balaban J connectivity index is 2.64. The highest BCUT2D eigenvalue weighted by molar-refractivity contribution is 5.91. The maximum absolute atomic E-state index is 13.7. The molecule has 0 fully saturated rings. The number of benzene rings is 1. The van der Waals surface area contributed by atoms with Gasteiger partial charge >= 0.3 is 0 Å². The maximum Gasteiger partial charge on any atom is 0.250 e. The van der Waals surface area contributed by atoms with Crippen molar-refractivity contribution in [2.24, 2.45) is 0 Å². The van der Waals surface area contributed by atoms with Gasteiger partial charge in [0.2, 0.25) is 5.91 Å². The molecule has 0 saturated heterocycles. The predicted octanol–water partition coefficient (Wildman–Crippen LogP) is 1.92. The second-order valence-corrected chi connectivity index (χ2v) is 4.38. The van der Waals surface area contributed by atoms with Gasteiger partial charge in [-0.1, -0.05) is 11.8 Å². The molecule has 0 saturated carbocycles. The summed E-state index contributed by atoms with van der Waals surface area (Å²) in [6, 6.07) is 4.26. The van der Waals surface area contributed by atoms with E-state index in [-0.39, 0.29) is 30.8 Å². The normalized spacial score (nSPS) is 10.1. The third-order valence-electron chi connectivity index (χ3n) is 2.26. The third kappa shape index (κ3) is 5.83. The minimum atomic E-state index is -0.516. The van der Waals surface area contributed by atoms with Gasteiger partial charge in [0, 0.05) is 12.1 Å². The fourth-order valence-electron chi connectivity index (χ4n) is 1.35. The zero-order chi connectivity index (χ0) is 15.0. The van der Waals surface area contributed by atoms with E-state index < -0.39 is 5.82 Å². The van der Waals surface area contributed by atoms with Crippen molar-refractivity contribution in [3.8, 4) is 11.8 Å². The Labute approximate surface area is 117 Å². The summed E-state index contributed by atoms with van der Waals surface area (Å²) < 4.78 is 18.8. The fraction of sp³-hybridized carbons (Fsp3) is 0.400. The number of nitrogens with one attached hydrogen (secondary N) is 1. The van der Waals surface area contributed by atoms with Gasteiger partial charge in [-0.15, -0.1) is 0 Å². The molecule has 0 aliphatic rings. The van der Waals surface area contributed by atoms with Crippen molar-refractivity contribution in [2.45, 2.75) is 26.4 Å². The van der Waals surface area contributed by atoms with Gasteiger partial charge in [0.05, 0.1) is 18.3 Å². The number of aliphatic hydroxyl groups excluding tert-OH is 1. The van der Waals surface area contributed by atoms with Crippen LogP contribution in [0.25, 0.3) is 0 Å². The van der Waals surface area contributed by atoms with Crippen LogP contribution in [-0.2, 0) is 9.53 Å². The largest absolute Gasteiger partial charge is 0.395 e. The van der Waals surface area contributed by atoms with Crippen LogP contribution in [-0.4, -0.2) is 30.3 Å². The Bertz CT molecular complexity index is 518. The molecule has 5 heteroatoms. The lowest BCUT2D eigenvalue weighted by atomic mass is 10.2. The van der Waals surface area contributed by atoms with Crippen molar-refractivity contribution in [1.29, 1.82) is 0 Å². The number of halogens is 1. The fourth-order valence-corrected chi connectivity index (χ4v) is 1.35. The smallest absolute Gasteiger partial charge is 0.250 e. The molecule has 1 aromatic rings. The Hall–Kier alpha value is -1.90. The molecular formula is C15H18FNO3. The summed E-state index contributed by atoms with van der Waals surface area (Å²) in [6.45, 7) is 3.52. The molecule has 0 radical (unpaired) electrons. The Kier molecular flexibility index (Phi) is 6.71. The topological polar surface area (TPSA) is 58.6 Å². The van der Waals surface area contributed by atoms with Gasteiger partial charge in [0.25, 0.3) is 0 Å². The summed E-state index contributed by atoms with van der Waals surface area (Å²) >= 11 is 0. The number of carbonyl (C=O) groups is 1. The average Bonchev–Trinajstić information content (AvgIpc) is 2.39. The van der Waals surface area contributed by atoms with Crippen LogP contribution in [0.4, 0.5) is 10.1 Å². The number of hydrogen-bond donors (Lipinski definition) is 2. The van der Waals surface area contributed by atoms with Crippen LogP contribution in [0.15, 0.2) is 18.2 Å². The standard InChI is InChI=1S/C15H18FNO3/c1-11(2)20-10-15(19)17-13-7-6-12(14(16)9-13)5-3-4-8-18/h6-7,9,11,18H,4,8,10H2,1-2H3,(H,17,19). The van der Waals surface area contributed by atoms with Crippen LogP contribution in [0.3, 0.4) is 0 Å². The summed E-state index contributed by atoms with van der Waals surface area (Å²) in [5.74, 6) is 4.40. The molecule has 0 aliphatic heterocycles. The van der Waals surface area contributed by atoms with Gasteiger partial charge in [-0.2, -0.15) is 0 Å². The predicted molar refractivity (Wildman–Crippen MR) is 74.7 cm³/mol. The van der Waals surface area contributed by atoms with Crippen molar-refractivity contribution >= 4 is 11.6 Å². The van der Waals surface area contributed by atoms with E-state index in [1.807, 2.05) is 13.8 Å². The first-order valence-corrected chi connectivity index (χ1v) is 6.33. The van der Waals surface area contributed by atoms with Gasteiger partial charge in [-0.05, 0) is 32.0 Å². The second-order valence-electron chi connectivity index (χ2n) is 4.38. The first-order chi connectivity index (χ1) is 9.52. The number of amides is 1. The highest BCUT2D eigenvalue weighted by Gasteiger charge is 2.06. The molecule has 0 bridgehead atoms. The van der Waals surface area contributed by atoms with Crippen molar-refractivity contribution in [1.82, 2.24) is 0 Å². The summed E-state index contributed by atoms with van der Waals surface area (Å²) in [7, 11) is 0. The van der Waals surface area contributed by atoms with Gasteiger partial charge in [0.1, 0.15) is 12.4 Å². The minimum Gasteiger partial charge on any atom is -0.395 e. The maximum atomic E-state index is 13.7. The molecule has 2 N–H and O–H groups in total. The van der Waals surface area contributed by atoms with E-state index in [1.54, 1.807) is 6.07 Å². The lowest BCUT2D eigenvalue weighted by Crippen LogP contribution is -2.20. The quantitative estimate of drug-likeness (QED) is 0.810. The lowest BCUT2D eigenvalue weighted by molar-refractivity contribution is -0.121. The first-order valence-electron chi connectivity index (χ1n) is 6.33. The number of carbonyl (C=O) groups excluding carboxylic acids is 1. The minimum absolute atomic E-state index is 0.0401. The van der Waals surface area contributed by atoms with Gasteiger partial charge in [-0.25, -0.2) is 4.39 Å². The molecule has 108 valence electrons. The summed E-state index contributed by atoms with van der Waals surface area (Å²) in [5.41, 5.74) is 0.586. The molecule has 0 aliphatic carbocycles. The van der Waals surface area contributed by atoms with E-state index in [1.165, 1.54) is 12.1 Å². The first kappa shape index (κ1) is 16.2. The van der Waals surface area contributed by atoms with E-state index in [9.17, 15) is 9.18 Å². The van der Waals surface area contributed by atoms with Crippen molar-refractivity contribution in [3.63, 3.8) is 0 Å². The molecular weight excluding hydrogens is 261 g/mol. The average molecular weight is 279 g/mol. The molecule has 1 rings (SSSR count). The number of aliphatic hydroxyl groups is 1. The molecule has 1 amide bonds. The van der Waals surface area contributed by atoms with Crippen LogP contribution in [0.5, 0.6) is 0 Å². The van der Waals surface area contributed by atoms with Gasteiger partial charge in [-0.3, -0.25) is 4.79 Å². The van der Waals surface area contributed by atoms with E-state index in [0.717, 1.165) is 0 Å². The highest BCUT2D eigenvalue weighted by Crippen LogP contribution is 2.13. The zero-order valence-corrected chi connectivity index (χ0v) is 11.6. The summed E-state index contributed by atoms with van der Waals surface area (Å²) in [6.07, 6.45) is 0.256. The van der Waals surface area contributed by atoms with E-state index in [2.05, 4.69) is 17.2 Å². The third-order valence-corrected chi connectivity index (χ3v) is 2.26. The van der Waals surface area contributed by atoms with Gasteiger partial charge < -0.3 is 15.2 Å². The molecule has 20 heavy (non-hydrogen) atoms. The SMILES string of the molecule is CC(C)OCC(=O)Nc1ccc(C#CCCO)c(F)c1. The van der Waals surface area contributed by atoms with Crippen molar-refractivity contribution < 1.29 is 19.0 Å². The number of hydrogen-bond acceptors (Lipinski definition) is 3. The van der Waals surface area contributed by atoms with E-state index in [4.69, 9.17) is 9.84 Å².